The maximum absolute atomic E-state index is 5.28. The van der Waals surface area contributed by atoms with Crippen LogP contribution in [0.2, 0.25) is 0 Å². The van der Waals surface area contributed by atoms with E-state index in [1.807, 2.05) is 24.3 Å². The zero-order valence-electron chi connectivity index (χ0n) is 10.7. The number of halogens is 1. The lowest BCUT2D eigenvalue weighted by Gasteiger charge is -2.29. The summed E-state index contributed by atoms with van der Waals surface area (Å²) >= 11 is 8.68. The lowest BCUT2D eigenvalue weighted by Crippen LogP contribution is -2.43. The minimum atomic E-state index is 0.186. The predicted octanol–water partition coefficient (Wildman–Crippen LogP) is 4.17. The van der Waals surface area contributed by atoms with E-state index in [0.29, 0.717) is 11.2 Å². The Morgan fingerprint density at radius 2 is 1.76 bits per heavy atom. The molecule has 0 amide bonds. The maximum atomic E-state index is 5.28. The highest BCUT2D eigenvalue weighted by Gasteiger charge is 2.20. The number of benzene rings is 1. The summed E-state index contributed by atoms with van der Waals surface area (Å²) in [6, 6.07) is 8.26. The largest absolute Gasteiger partial charge is 0.359 e. The van der Waals surface area contributed by atoms with E-state index < -0.39 is 0 Å². The van der Waals surface area contributed by atoms with Gasteiger partial charge in [0.2, 0.25) is 0 Å². The number of hydrogen-bond acceptors (Lipinski definition) is 1. The van der Waals surface area contributed by atoms with Gasteiger partial charge in [-0.3, -0.25) is 0 Å². The summed E-state index contributed by atoms with van der Waals surface area (Å²) in [6.07, 6.45) is 0. The van der Waals surface area contributed by atoms with Crippen LogP contribution in [0.25, 0.3) is 0 Å². The molecule has 0 aliphatic heterocycles. The van der Waals surface area contributed by atoms with Crippen molar-refractivity contribution in [1.82, 2.24) is 5.32 Å². The van der Waals surface area contributed by atoms with Gasteiger partial charge in [-0.05, 0) is 48.8 Å². The third-order valence-corrected chi connectivity index (χ3v) is 3.50. The van der Waals surface area contributed by atoms with E-state index in [1.165, 1.54) is 0 Å². The van der Waals surface area contributed by atoms with Crippen LogP contribution in [0.5, 0.6) is 0 Å². The molecule has 0 bridgehead atoms. The van der Waals surface area contributed by atoms with E-state index in [-0.39, 0.29) is 5.41 Å². The van der Waals surface area contributed by atoms with Crippen LogP contribution in [0.1, 0.15) is 27.7 Å². The second-order valence-electron chi connectivity index (χ2n) is 5.19. The molecule has 4 heteroatoms. The number of thiocarbonyl (C=S) groups is 1. The molecule has 0 saturated heterocycles. The predicted molar refractivity (Wildman–Crippen MR) is 82.4 cm³/mol. The van der Waals surface area contributed by atoms with Crippen molar-refractivity contribution in [3.63, 3.8) is 0 Å². The van der Waals surface area contributed by atoms with Gasteiger partial charge in [0.05, 0.1) is 0 Å². The Balaban J connectivity index is 2.53. The molecule has 17 heavy (non-hydrogen) atoms. The molecule has 0 saturated carbocycles. The van der Waals surface area contributed by atoms with Crippen molar-refractivity contribution in [2.24, 2.45) is 5.41 Å². The van der Waals surface area contributed by atoms with Gasteiger partial charge in [0.15, 0.2) is 5.11 Å². The van der Waals surface area contributed by atoms with Gasteiger partial charge >= 0.3 is 0 Å². The molecule has 0 fully saturated rings. The van der Waals surface area contributed by atoms with E-state index in [0.717, 1.165) is 10.2 Å². The number of anilines is 1. The van der Waals surface area contributed by atoms with Gasteiger partial charge in [-0.1, -0.05) is 36.7 Å². The molecular weight excluding hydrogens is 296 g/mol. The van der Waals surface area contributed by atoms with Crippen molar-refractivity contribution in [2.45, 2.75) is 33.7 Å². The van der Waals surface area contributed by atoms with E-state index >= 15 is 0 Å². The zero-order valence-corrected chi connectivity index (χ0v) is 13.1. The molecule has 1 unspecified atom stereocenters. The first-order chi connectivity index (χ1) is 7.79. The number of nitrogens with one attached hydrogen (secondary N) is 2. The van der Waals surface area contributed by atoms with E-state index in [2.05, 4.69) is 54.3 Å². The molecule has 0 radical (unpaired) electrons. The quantitative estimate of drug-likeness (QED) is 0.801. The normalized spacial score (nSPS) is 13.0. The van der Waals surface area contributed by atoms with Crippen molar-refractivity contribution < 1.29 is 0 Å². The number of hydrogen-bond donors (Lipinski definition) is 2. The Hall–Kier alpha value is -0.610. The van der Waals surface area contributed by atoms with Crippen molar-refractivity contribution in [3.05, 3.63) is 28.7 Å². The van der Waals surface area contributed by atoms with Gasteiger partial charge in [0.25, 0.3) is 0 Å². The summed E-state index contributed by atoms with van der Waals surface area (Å²) in [5, 5.41) is 7.12. The Morgan fingerprint density at radius 3 is 2.24 bits per heavy atom. The molecule has 1 aromatic rings. The van der Waals surface area contributed by atoms with E-state index in [1.54, 1.807) is 0 Å². The molecule has 1 atom stereocenters. The second kappa shape index (κ2) is 5.83. The average molecular weight is 315 g/mol. The van der Waals surface area contributed by atoms with Crippen LogP contribution in [0.15, 0.2) is 28.7 Å². The smallest absolute Gasteiger partial charge is 0.171 e. The maximum Gasteiger partial charge on any atom is 0.171 e. The lowest BCUT2D eigenvalue weighted by atomic mass is 9.88. The fraction of sp³-hybridized carbons (Fsp3) is 0.462. The molecule has 2 nitrogen and oxygen atoms in total. The molecule has 2 N–H and O–H groups in total. The second-order valence-corrected chi connectivity index (χ2v) is 6.52. The van der Waals surface area contributed by atoms with Crippen LogP contribution in [0.4, 0.5) is 5.69 Å². The van der Waals surface area contributed by atoms with Crippen LogP contribution in [0, 0.1) is 5.41 Å². The van der Waals surface area contributed by atoms with Gasteiger partial charge in [0, 0.05) is 16.2 Å². The summed E-state index contributed by atoms with van der Waals surface area (Å²) in [5.41, 5.74) is 1.18. The first-order valence-corrected chi connectivity index (χ1v) is 6.82. The molecule has 0 aromatic heterocycles. The highest BCUT2D eigenvalue weighted by atomic mass is 79.9. The van der Waals surface area contributed by atoms with Crippen LogP contribution >= 0.6 is 28.1 Å². The first-order valence-electron chi connectivity index (χ1n) is 5.62. The van der Waals surface area contributed by atoms with E-state index in [9.17, 15) is 0 Å². The van der Waals surface area contributed by atoms with Gasteiger partial charge in [0.1, 0.15) is 0 Å². The van der Waals surface area contributed by atoms with Crippen molar-refractivity contribution in [3.8, 4) is 0 Å². The van der Waals surface area contributed by atoms with Gasteiger partial charge < -0.3 is 10.6 Å². The van der Waals surface area contributed by atoms with Crippen molar-refractivity contribution in [1.29, 1.82) is 0 Å². The Bertz CT molecular complexity index is 381. The minimum absolute atomic E-state index is 0.186. The lowest BCUT2D eigenvalue weighted by molar-refractivity contribution is 0.317. The summed E-state index contributed by atoms with van der Waals surface area (Å²) in [7, 11) is 0. The van der Waals surface area contributed by atoms with Crippen molar-refractivity contribution >= 4 is 38.9 Å². The molecule has 0 heterocycles. The molecular formula is C13H19BrN2S. The molecule has 0 spiro atoms. The highest BCUT2D eigenvalue weighted by molar-refractivity contribution is 9.10. The van der Waals surface area contributed by atoms with Crippen molar-refractivity contribution in [2.75, 3.05) is 5.32 Å². The topological polar surface area (TPSA) is 24.1 Å². The third kappa shape index (κ3) is 5.04. The molecule has 94 valence electrons. The third-order valence-electron chi connectivity index (χ3n) is 2.75. The minimum Gasteiger partial charge on any atom is -0.359 e. The highest BCUT2D eigenvalue weighted by Crippen LogP contribution is 2.19. The summed E-state index contributed by atoms with van der Waals surface area (Å²) < 4.78 is 1.06. The summed E-state index contributed by atoms with van der Waals surface area (Å²) in [5.74, 6) is 0. The Labute approximate surface area is 117 Å². The molecule has 1 aromatic carbocycles. The monoisotopic (exact) mass is 314 g/mol. The Morgan fingerprint density at radius 1 is 1.24 bits per heavy atom. The fourth-order valence-electron chi connectivity index (χ4n) is 1.11. The van der Waals surface area contributed by atoms with Crippen LogP contribution in [0.3, 0.4) is 0 Å². The summed E-state index contributed by atoms with van der Waals surface area (Å²) in [6.45, 7) is 8.70. The number of rotatable bonds is 2. The van der Waals surface area contributed by atoms with Gasteiger partial charge in [-0.25, -0.2) is 0 Å². The summed E-state index contributed by atoms with van der Waals surface area (Å²) in [4.78, 5) is 0. The van der Waals surface area contributed by atoms with Crippen LogP contribution < -0.4 is 10.6 Å². The SMILES string of the molecule is CC(NC(=S)Nc1ccc(Br)cc1)C(C)(C)C. The zero-order chi connectivity index (χ0) is 13.1. The van der Waals surface area contributed by atoms with Crippen LogP contribution in [-0.4, -0.2) is 11.2 Å². The van der Waals surface area contributed by atoms with Gasteiger partial charge in [-0.15, -0.1) is 0 Å². The standard InChI is InChI=1S/C13H19BrN2S/c1-9(13(2,3)4)15-12(17)16-11-7-5-10(14)6-8-11/h5-9H,1-4H3,(H2,15,16,17). The van der Waals surface area contributed by atoms with Gasteiger partial charge in [-0.2, -0.15) is 0 Å². The Kier molecular flexibility index (Phi) is 4.95. The van der Waals surface area contributed by atoms with E-state index in [4.69, 9.17) is 12.2 Å². The average Bonchev–Trinajstić information content (AvgIpc) is 2.20. The molecule has 1 rings (SSSR count). The molecule has 0 aliphatic carbocycles. The first kappa shape index (κ1) is 14.5. The molecule has 0 aliphatic rings. The fourth-order valence-corrected chi connectivity index (χ4v) is 1.67. The van der Waals surface area contributed by atoms with Crippen LogP contribution in [-0.2, 0) is 0 Å².